The number of anilines is 4. The van der Waals surface area contributed by atoms with Crippen LogP contribution in [0.1, 0.15) is 36.9 Å². The number of aromatic nitrogens is 4. The van der Waals surface area contributed by atoms with Crippen LogP contribution in [0.15, 0.2) is 102 Å². The second-order valence-corrected chi connectivity index (χ2v) is 10.3. The smallest absolute Gasteiger partial charge is 0.229 e. The molecule has 0 saturated heterocycles. The zero-order valence-electron chi connectivity index (χ0n) is 24.2. The summed E-state index contributed by atoms with van der Waals surface area (Å²) in [7, 11) is 1.65. The molecule has 1 saturated carbocycles. The maximum Gasteiger partial charge on any atom is 0.229 e. The molecule has 0 bridgehead atoms. The van der Waals surface area contributed by atoms with E-state index >= 15 is 0 Å². The predicted octanol–water partition coefficient (Wildman–Crippen LogP) is 6.84. The number of hydrogen-bond donors (Lipinski definition) is 3. The number of aliphatic hydroxyl groups excluding tert-OH is 1. The minimum Gasteiger partial charge on any atom is -0.495 e. The highest BCUT2D eigenvalue weighted by Gasteiger charge is 2.17. The number of ether oxygens (including phenoxy) is 1. The fourth-order valence-corrected chi connectivity index (χ4v) is 4.80. The van der Waals surface area contributed by atoms with Crippen molar-refractivity contribution in [3.63, 3.8) is 0 Å². The highest BCUT2D eigenvalue weighted by molar-refractivity contribution is 5.89. The Morgan fingerprint density at radius 2 is 1.66 bits per heavy atom. The summed E-state index contributed by atoms with van der Waals surface area (Å²) in [6, 6.07) is 25.0. The lowest BCUT2D eigenvalue weighted by molar-refractivity contribution is 0.152. The van der Waals surface area contributed by atoms with Crippen molar-refractivity contribution in [1.29, 1.82) is 0 Å². The van der Waals surface area contributed by atoms with E-state index in [1.165, 1.54) is 0 Å². The molecule has 3 aromatic heterocycles. The normalized spacial score (nSPS) is 14.2. The first-order valence-electron chi connectivity index (χ1n) is 14.4. The Hall–Kier alpha value is -5.59. The summed E-state index contributed by atoms with van der Waals surface area (Å²) >= 11 is 0. The van der Waals surface area contributed by atoms with E-state index in [2.05, 4.69) is 37.4 Å². The number of benzene rings is 2. The topological polar surface area (TPSA) is 117 Å². The van der Waals surface area contributed by atoms with Gasteiger partial charge in [0, 0.05) is 41.2 Å². The quantitative estimate of drug-likeness (QED) is 0.179. The van der Waals surface area contributed by atoms with E-state index in [-0.39, 0.29) is 6.10 Å². The van der Waals surface area contributed by atoms with E-state index in [1.54, 1.807) is 25.7 Å². The number of pyridine rings is 2. The molecule has 9 nitrogen and oxygen atoms in total. The van der Waals surface area contributed by atoms with E-state index in [1.807, 2.05) is 78.9 Å². The average Bonchev–Trinajstić information content (AvgIpc) is 3.06. The molecule has 0 radical (unpaired) electrons. The van der Waals surface area contributed by atoms with Crippen molar-refractivity contribution in [1.82, 2.24) is 19.9 Å². The van der Waals surface area contributed by atoms with Crippen molar-refractivity contribution >= 4 is 34.5 Å². The standard InChI is InChI=1S/C35H31N7O2/c1-44-33-8-3-2-7-32(33)39-28-19-21-36-27(22-28)14-11-24-9-12-26(13-10-24)41-35-38-23-30(31-6-4-5-20-37-31)34(42-35)40-25-15-17-29(43)18-16-25/h2-10,12-13,19-23,29,43H,15-18H2,1H3,(H,36,39)(H,38,41,42). The molecule has 3 heterocycles. The van der Waals surface area contributed by atoms with Gasteiger partial charge < -0.3 is 20.5 Å². The first-order valence-corrected chi connectivity index (χ1v) is 14.4. The highest BCUT2D eigenvalue weighted by atomic mass is 16.5. The first-order chi connectivity index (χ1) is 21.6. The summed E-state index contributed by atoms with van der Waals surface area (Å²) in [5.74, 6) is 8.08. The van der Waals surface area contributed by atoms with Crippen molar-refractivity contribution in [2.75, 3.05) is 17.7 Å². The number of para-hydroxylation sites is 2. The van der Waals surface area contributed by atoms with E-state index in [0.717, 1.165) is 58.2 Å². The minimum absolute atomic E-state index is 0.262. The number of aliphatic hydroxyl groups is 1. The van der Waals surface area contributed by atoms with E-state index < -0.39 is 0 Å². The van der Waals surface area contributed by atoms with Crippen LogP contribution in [0.2, 0.25) is 0 Å². The van der Waals surface area contributed by atoms with Crippen LogP contribution in [0, 0.1) is 11.8 Å². The summed E-state index contributed by atoms with van der Waals surface area (Å²) in [5, 5.41) is 16.5. The Morgan fingerprint density at radius 3 is 2.45 bits per heavy atom. The monoisotopic (exact) mass is 581 g/mol. The van der Waals surface area contributed by atoms with Crippen molar-refractivity contribution < 1.29 is 9.84 Å². The molecule has 9 heteroatoms. The molecule has 1 fully saturated rings. The van der Waals surface area contributed by atoms with Gasteiger partial charge in [0.25, 0.3) is 0 Å². The Bertz CT molecular complexity index is 1820. The van der Waals surface area contributed by atoms with Crippen LogP contribution in [0.25, 0.3) is 11.3 Å². The summed E-state index contributed by atoms with van der Waals surface area (Å²) in [5.41, 5.74) is 6.59. The summed E-state index contributed by atoms with van der Waals surface area (Å²) in [6.45, 7) is 0. The molecule has 44 heavy (non-hydrogen) atoms. The number of rotatable bonds is 7. The van der Waals surface area contributed by atoms with Gasteiger partial charge in [-0.05, 0) is 92.3 Å². The van der Waals surface area contributed by atoms with E-state index in [9.17, 15) is 5.11 Å². The molecule has 5 aromatic rings. The van der Waals surface area contributed by atoms with Crippen LogP contribution in [-0.2, 0) is 0 Å². The van der Waals surface area contributed by atoms with Gasteiger partial charge in [0.2, 0.25) is 5.95 Å². The van der Waals surface area contributed by atoms with Crippen LogP contribution in [0.5, 0.6) is 5.75 Å². The molecule has 0 amide bonds. The largest absolute Gasteiger partial charge is 0.495 e. The van der Waals surface area contributed by atoms with Crippen LogP contribution in [-0.4, -0.2) is 44.0 Å². The van der Waals surface area contributed by atoms with E-state index in [0.29, 0.717) is 30.3 Å². The van der Waals surface area contributed by atoms with Gasteiger partial charge in [0.05, 0.1) is 30.2 Å². The van der Waals surface area contributed by atoms with E-state index in [4.69, 9.17) is 14.7 Å². The average molecular weight is 582 g/mol. The Labute approximate surface area is 256 Å². The minimum atomic E-state index is -0.262. The molecular weight excluding hydrogens is 550 g/mol. The molecule has 3 N–H and O–H groups in total. The van der Waals surface area contributed by atoms with Gasteiger partial charge in [0.15, 0.2) is 5.82 Å². The maximum atomic E-state index is 9.90. The zero-order valence-corrected chi connectivity index (χ0v) is 24.2. The van der Waals surface area contributed by atoms with Crippen LogP contribution >= 0.6 is 0 Å². The second kappa shape index (κ2) is 13.6. The molecule has 218 valence electrons. The van der Waals surface area contributed by atoms with Crippen LogP contribution < -0.4 is 15.4 Å². The number of methoxy groups -OCH3 is 1. The third-order valence-corrected chi connectivity index (χ3v) is 7.13. The Kier molecular flexibility index (Phi) is 8.81. The van der Waals surface area contributed by atoms with Crippen molar-refractivity contribution in [2.45, 2.75) is 31.8 Å². The Morgan fingerprint density at radius 1 is 0.841 bits per heavy atom. The first kappa shape index (κ1) is 28.5. The maximum absolute atomic E-state index is 9.90. The van der Waals surface area contributed by atoms with Gasteiger partial charge in [-0.25, -0.2) is 15.0 Å². The number of nitrogens with zero attached hydrogens (tertiary/aromatic N) is 5. The molecule has 1 aliphatic carbocycles. The van der Waals surface area contributed by atoms with Crippen molar-refractivity contribution in [3.8, 4) is 28.8 Å². The molecule has 2 aromatic carbocycles. The molecule has 0 atom stereocenters. The SMILES string of the molecule is COc1ccccc1Nc1ccnc(C#Cc2ccc(Nc3ncc(-c4ccccn4)c(N=C4CCC(O)CC4)n3)cc2)c1. The molecule has 1 aliphatic rings. The van der Waals surface area contributed by atoms with Crippen LogP contribution in [0.3, 0.4) is 0 Å². The molecule has 0 unspecified atom stereocenters. The molecule has 6 rings (SSSR count). The van der Waals surface area contributed by atoms with Gasteiger partial charge in [-0.2, -0.15) is 4.98 Å². The van der Waals surface area contributed by atoms with Crippen molar-refractivity contribution in [2.24, 2.45) is 4.99 Å². The second-order valence-electron chi connectivity index (χ2n) is 10.3. The van der Waals surface area contributed by atoms with Crippen LogP contribution in [0.4, 0.5) is 28.8 Å². The lowest BCUT2D eigenvalue weighted by atomic mass is 9.96. The molecule has 0 aliphatic heterocycles. The zero-order chi connectivity index (χ0) is 30.1. The summed E-state index contributed by atoms with van der Waals surface area (Å²) < 4.78 is 5.43. The van der Waals surface area contributed by atoms with Crippen molar-refractivity contribution in [3.05, 3.63) is 109 Å². The fraction of sp³-hybridized carbons (Fsp3) is 0.171. The number of nitrogens with one attached hydrogen (secondary N) is 2. The highest BCUT2D eigenvalue weighted by Crippen LogP contribution is 2.30. The third-order valence-electron chi connectivity index (χ3n) is 7.13. The molecular formula is C35H31N7O2. The van der Waals surface area contributed by atoms with Gasteiger partial charge in [-0.3, -0.25) is 4.98 Å². The predicted molar refractivity (Wildman–Crippen MR) is 173 cm³/mol. The number of hydrogen-bond acceptors (Lipinski definition) is 9. The lowest BCUT2D eigenvalue weighted by Crippen LogP contribution is -2.17. The summed E-state index contributed by atoms with van der Waals surface area (Å²) in [6.07, 6.45) is 7.87. The fourth-order valence-electron chi connectivity index (χ4n) is 4.80. The van der Waals surface area contributed by atoms with Gasteiger partial charge in [-0.1, -0.05) is 24.1 Å². The lowest BCUT2D eigenvalue weighted by Gasteiger charge is -2.18. The summed E-state index contributed by atoms with van der Waals surface area (Å²) in [4.78, 5) is 23.0. The van der Waals surface area contributed by atoms with Gasteiger partial charge >= 0.3 is 0 Å². The Balaban J connectivity index is 1.17. The third kappa shape index (κ3) is 7.24. The number of aliphatic imine (C=N–C) groups is 1. The van der Waals surface area contributed by atoms with Gasteiger partial charge in [-0.15, -0.1) is 0 Å². The molecule has 0 spiro atoms. The van der Waals surface area contributed by atoms with Gasteiger partial charge in [0.1, 0.15) is 11.4 Å².